The van der Waals surface area contributed by atoms with Crippen molar-refractivity contribution in [2.24, 2.45) is 0 Å². The Balaban J connectivity index is 1.19. The second-order valence-corrected chi connectivity index (χ2v) is 14.0. The molecule has 2 nitrogen and oxygen atoms in total. The minimum Gasteiger partial charge on any atom is -0.312 e. The van der Waals surface area contributed by atoms with Gasteiger partial charge < -0.3 is 9.47 Å². The number of allylic oxidation sites excluding steroid dienone is 1. The summed E-state index contributed by atoms with van der Waals surface area (Å²) in [6.45, 7) is 0. The van der Waals surface area contributed by atoms with Crippen LogP contribution < -0.4 is 4.90 Å². The fourth-order valence-corrected chi connectivity index (χ4v) is 8.30. The highest BCUT2D eigenvalue weighted by Crippen LogP contribution is 2.44. The molecule has 8 aromatic carbocycles. The molecule has 54 heavy (non-hydrogen) atoms. The third-order valence-electron chi connectivity index (χ3n) is 10.9. The van der Waals surface area contributed by atoms with E-state index in [-0.39, 0.29) is 0 Å². The van der Waals surface area contributed by atoms with E-state index in [1.165, 1.54) is 72.0 Å². The number of nitrogens with zero attached hydrogens (tertiary/aromatic N) is 2. The van der Waals surface area contributed by atoms with Crippen LogP contribution in [0, 0.1) is 0 Å². The maximum absolute atomic E-state index is 2.52. The quantitative estimate of drug-likeness (QED) is 0.162. The van der Waals surface area contributed by atoms with Crippen LogP contribution in [0.15, 0.2) is 200 Å². The van der Waals surface area contributed by atoms with E-state index in [4.69, 9.17) is 0 Å². The van der Waals surface area contributed by atoms with Crippen LogP contribution in [0.1, 0.15) is 17.7 Å². The summed E-state index contributed by atoms with van der Waals surface area (Å²) in [7, 11) is 0. The highest BCUT2D eigenvalue weighted by molar-refractivity contribution is 5.98. The van der Waals surface area contributed by atoms with Crippen molar-refractivity contribution in [3.05, 3.63) is 211 Å². The Morgan fingerprint density at radius 3 is 1.93 bits per heavy atom. The zero-order valence-electron chi connectivity index (χ0n) is 29.9. The summed E-state index contributed by atoms with van der Waals surface area (Å²) in [5, 5.41) is 3.77. The molecule has 0 atom stereocenters. The second kappa shape index (κ2) is 13.6. The van der Waals surface area contributed by atoms with E-state index >= 15 is 0 Å². The van der Waals surface area contributed by atoms with E-state index in [1.54, 1.807) is 0 Å². The lowest BCUT2D eigenvalue weighted by atomic mass is 9.91. The zero-order chi connectivity index (χ0) is 35.8. The van der Waals surface area contributed by atoms with Crippen LogP contribution in [0.3, 0.4) is 0 Å². The highest BCUT2D eigenvalue weighted by atomic mass is 15.1. The third kappa shape index (κ3) is 5.60. The summed E-state index contributed by atoms with van der Waals surface area (Å²) in [6, 6.07) is 70.6. The molecule has 1 aliphatic rings. The second-order valence-electron chi connectivity index (χ2n) is 14.0. The molecule has 1 aromatic heterocycles. The fourth-order valence-electron chi connectivity index (χ4n) is 8.30. The molecule has 0 saturated carbocycles. The zero-order valence-corrected chi connectivity index (χ0v) is 29.9. The molecule has 0 aliphatic heterocycles. The van der Waals surface area contributed by atoms with Crippen molar-refractivity contribution in [2.75, 3.05) is 4.90 Å². The summed E-state index contributed by atoms with van der Waals surface area (Å²) in [6.07, 6.45) is 6.69. The van der Waals surface area contributed by atoms with Gasteiger partial charge in [0.05, 0.1) is 11.2 Å². The van der Waals surface area contributed by atoms with Crippen molar-refractivity contribution in [3.8, 4) is 39.1 Å². The van der Waals surface area contributed by atoms with Gasteiger partial charge in [0, 0.05) is 39.3 Å². The minimum atomic E-state index is 1.01. The standard InChI is InChI=1S/C52H38N2/c1-3-15-37(16-4-1)39-29-31-43(32-30-39)53(42-19-5-2-6-20-42)44-33-34-45(49(36-44)41-28-27-38-17-7-8-18-40(38)35-41)46-21-9-12-24-50(46)54-51-25-13-10-22-47(51)48-23-11-14-26-52(48)54/h1-13,15-25,27-36H,14,26H2. The van der Waals surface area contributed by atoms with Crippen LogP contribution in [-0.2, 0) is 6.42 Å². The van der Waals surface area contributed by atoms with E-state index < -0.39 is 0 Å². The number of fused-ring (bicyclic) bond motifs is 4. The lowest BCUT2D eigenvalue weighted by Crippen LogP contribution is -2.10. The lowest BCUT2D eigenvalue weighted by Gasteiger charge is -2.27. The van der Waals surface area contributed by atoms with Crippen molar-refractivity contribution < 1.29 is 0 Å². The molecule has 1 aliphatic carbocycles. The van der Waals surface area contributed by atoms with Crippen molar-refractivity contribution in [1.82, 2.24) is 4.57 Å². The monoisotopic (exact) mass is 690 g/mol. The first kappa shape index (κ1) is 31.8. The summed E-state index contributed by atoms with van der Waals surface area (Å²) >= 11 is 0. The smallest absolute Gasteiger partial charge is 0.0537 e. The number of aromatic nitrogens is 1. The topological polar surface area (TPSA) is 8.17 Å². The molecule has 0 saturated heterocycles. The Labute approximate surface area is 316 Å². The molecule has 0 radical (unpaired) electrons. The predicted octanol–water partition coefficient (Wildman–Crippen LogP) is 14.2. The fraction of sp³-hybridized carbons (Fsp3) is 0.0385. The average molecular weight is 691 g/mol. The summed E-state index contributed by atoms with van der Waals surface area (Å²) in [5.74, 6) is 0. The van der Waals surface area contributed by atoms with Gasteiger partial charge in [0.15, 0.2) is 0 Å². The average Bonchev–Trinajstić information content (AvgIpc) is 3.59. The van der Waals surface area contributed by atoms with Gasteiger partial charge in [-0.05, 0) is 106 Å². The van der Waals surface area contributed by atoms with Crippen molar-refractivity contribution in [2.45, 2.75) is 12.8 Å². The van der Waals surface area contributed by atoms with E-state index in [0.29, 0.717) is 0 Å². The summed E-state index contributed by atoms with van der Waals surface area (Å²) in [5.41, 5.74) is 15.7. The van der Waals surface area contributed by atoms with Gasteiger partial charge in [-0.3, -0.25) is 0 Å². The normalized spacial score (nSPS) is 12.2. The van der Waals surface area contributed by atoms with Gasteiger partial charge in [-0.15, -0.1) is 0 Å². The van der Waals surface area contributed by atoms with Gasteiger partial charge in [0.1, 0.15) is 0 Å². The van der Waals surface area contributed by atoms with E-state index in [0.717, 1.165) is 29.9 Å². The third-order valence-corrected chi connectivity index (χ3v) is 10.9. The van der Waals surface area contributed by atoms with Crippen LogP contribution in [-0.4, -0.2) is 4.57 Å². The number of anilines is 3. The van der Waals surface area contributed by atoms with Gasteiger partial charge in [-0.25, -0.2) is 0 Å². The van der Waals surface area contributed by atoms with Crippen LogP contribution in [0.5, 0.6) is 0 Å². The van der Waals surface area contributed by atoms with E-state index in [9.17, 15) is 0 Å². The van der Waals surface area contributed by atoms with E-state index in [1.807, 2.05) is 0 Å². The Morgan fingerprint density at radius 1 is 0.426 bits per heavy atom. The predicted molar refractivity (Wildman–Crippen MR) is 229 cm³/mol. The largest absolute Gasteiger partial charge is 0.312 e. The molecule has 9 aromatic rings. The van der Waals surface area contributed by atoms with Crippen molar-refractivity contribution >= 4 is 44.8 Å². The molecular formula is C52H38N2. The van der Waals surface area contributed by atoms with Crippen LogP contribution in [0.25, 0.3) is 66.8 Å². The molecule has 0 unspecified atom stereocenters. The molecule has 1 heterocycles. The van der Waals surface area contributed by atoms with Gasteiger partial charge in [0.25, 0.3) is 0 Å². The van der Waals surface area contributed by atoms with Gasteiger partial charge >= 0.3 is 0 Å². The van der Waals surface area contributed by atoms with Gasteiger partial charge in [-0.2, -0.15) is 0 Å². The molecule has 256 valence electrons. The Bertz CT molecular complexity index is 2810. The van der Waals surface area contributed by atoms with Crippen LogP contribution in [0.2, 0.25) is 0 Å². The Morgan fingerprint density at radius 2 is 1.07 bits per heavy atom. The molecule has 0 fully saturated rings. The van der Waals surface area contributed by atoms with Crippen molar-refractivity contribution in [1.29, 1.82) is 0 Å². The number of rotatable bonds is 7. The Kier molecular flexibility index (Phi) is 8.00. The molecule has 10 rings (SSSR count). The number of hydrogen-bond acceptors (Lipinski definition) is 1. The lowest BCUT2D eigenvalue weighted by molar-refractivity contribution is 0.889. The van der Waals surface area contributed by atoms with E-state index in [2.05, 4.69) is 216 Å². The number of benzene rings is 8. The summed E-state index contributed by atoms with van der Waals surface area (Å²) in [4.78, 5) is 2.37. The van der Waals surface area contributed by atoms with Gasteiger partial charge in [0.2, 0.25) is 0 Å². The maximum Gasteiger partial charge on any atom is 0.0537 e. The number of para-hydroxylation sites is 3. The first-order valence-electron chi connectivity index (χ1n) is 18.8. The van der Waals surface area contributed by atoms with Gasteiger partial charge in [-0.1, -0.05) is 152 Å². The molecule has 2 heteroatoms. The molecule has 0 amide bonds. The first-order chi connectivity index (χ1) is 26.8. The van der Waals surface area contributed by atoms with Crippen molar-refractivity contribution in [3.63, 3.8) is 0 Å². The summed E-state index contributed by atoms with van der Waals surface area (Å²) < 4.78 is 2.52. The maximum atomic E-state index is 2.52. The SMILES string of the molecule is C1=Cc2c(n(-c3ccccc3-c3ccc(N(c4ccccc4)c4ccc(-c5ccccc5)cc4)cc3-c3ccc4ccccc4c3)c3ccccc23)CC1. The first-order valence-corrected chi connectivity index (χ1v) is 18.8. The Hall–Kier alpha value is -6.90. The van der Waals surface area contributed by atoms with Crippen LogP contribution >= 0.6 is 0 Å². The number of hydrogen-bond donors (Lipinski definition) is 0. The molecule has 0 N–H and O–H groups in total. The molecular weight excluding hydrogens is 653 g/mol. The highest BCUT2D eigenvalue weighted by Gasteiger charge is 2.22. The molecule has 0 bridgehead atoms. The minimum absolute atomic E-state index is 1.01. The van der Waals surface area contributed by atoms with Crippen LogP contribution in [0.4, 0.5) is 17.1 Å². The molecule has 0 spiro atoms.